The molecule has 126 valence electrons. The highest BCUT2D eigenvalue weighted by Gasteiger charge is 2.28. The molecule has 0 aromatic carbocycles. The lowest BCUT2D eigenvalue weighted by Gasteiger charge is -2.35. The molecule has 2 unspecified atom stereocenters. The van der Waals surface area contributed by atoms with Crippen LogP contribution >= 0.6 is 35.7 Å². The van der Waals surface area contributed by atoms with Crippen molar-refractivity contribution in [3.05, 3.63) is 24.2 Å². The first kappa shape index (κ1) is 19.6. The lowest BCUT2D eigenvalue weighted by atomic mass is 10.0. The quantitative estimate of drug-likeness (QED) is 0.429. The highest BCUT2D eigenvalue weighted by Crippen LogP contribution is 2.22. The summed E-state index contributed by atoms with van der Waals surface area (Å²) in [5, 5.41) is 14.4. The van der Waals surface area contributed by atoms with E-state index < -0.39 is 5.60 Å². The van der Waals surface area contributed by atoms with Gasteiger partial charge in [-0.15, -0.1) is 24.0 Å². The number of nitrogens with one attached hydrogen (secondary N) is 1. The summed E-state index contributed by atoms with van der Waals surface area (Å²) in [6, 6.07) is 3.57. The highest BCUT2D eigenvalue weighted by atomic mass is 127. The number of aliphatic hydroxyl groups is 1. The molecule has 5 nitrogen and oxygen atoms in total. The average molecular weight is 439 g/mol. The molecule has 2 heterocycles. The smallest absolute Gasteiger partial charge is 0.193 e. The topological polar surface area (TPSA) is 61.0 Å². The van der Waals surface area contributed by atoms with E-state index in [2.05, 4.69) is 22.1 Å². The minimum absolute atomic E-state index is 0. The number of halogens is 1. The monoisotopic (exact) mass is 439 g/mol. The van der Waals surface area contributed by atoms with Crippen molar-refractivity contribution in [2.24, 2.45) is 4.99 Å². The summed E-state index contributed by atoms with van der Waals surface area (Å²) in [6.07, 6.45) is 2.74. The van der Waals surface area contributed by atoms with Gasteiger partial charge in [-0.05, 0) is 25.5 Å². The second-order valence-electron chi connectivity index (χ2n) is 5.50. The fourth-order valence-electron chi connectivity index (χ4n) is 2.41. The van der Waals surface area contributed by atoms with Crippen LogP contribution < -0.4 is 5.32 Å². The van der Waals surface area contributed by atoms with Crippen molar-refractivity contribution in [3.8, 4) is 0 Å². The predicted molar refractivity (Wildman–Crippen MR) is 103 cm³/mol. The maximum absolute atomic E-state index is 10.5. The molecule has 1 aliphatic rings. The number of hydrogen-bond acceptors (Lipinski definition) is 4. The lowest BCUT2D eigenvalue weighted by molar-refractivity contribution is 0.0380. The Morgan fingerprint density at radius 2 is 2.41 bits per heavy atom. The molecule has 0 radical (unpaired) electrons. The molecule has 2 rings (SSSR count). The Morgan fingerprint density at radius 1 is 1.64 bits per heavy atom. The van der Waals surface area contributed by atoms with Crippen LogP contribution in [0, 0.1) is 0 Å². The Bertz CT molecular complexity index is 465. The summed E-state index contributed by atoms with van der Waals surface area (Å²) in [6.45, 7) is 6.33. The third-order valence-electron chi connectivity index (χ3n) is 3.75. The standard InChI is InChI=1S/C15H25N3O2S.HI/c1-4-12-10-18(7-9-21-12)14(16-3)17-11-15(2,19)13-6-5-8-20-13;/h5-6,8,12,19H,4,7,9-11H2,1-3H3,(H,16,17);1H. The van der Waals surface area contributed by atoms with Crippen molar-refractivity contribution < 1.29 is 9.52 Å². The molecule has 0 amide bonds. The number of hydrogen-bond donors (Lipinski definition) is 2. The molecule has 1 saturated heterocycles. The molecule has 0 saturated carbocycles. The summed E-state index contributed by atoms with van der Waals surface area (Å²) < 4.78 is 5.30. The van der Waals surface area contributed by atoms with Gasteiger partial charge in [-0.25, -0.2) is 0 Å². The summed E-state index contributed by atoms with van der Waals surface area (Å²) in [4.78, 5) is 6.61. The number of furan rings is 1. The van der Waals surface area contributed by atoms with E-state index in [1.54, 1.807) is 32.4 Å². The van der Waals surface area contributed by atoms with E-state index in [9.17, 15) is 5.11 Å². The van der Waals surface area contributed by atoms with Crippen LogP contribution in [0.15, 0.2) is 27.8 Å². The molecule has 2 N–H and O–H groups in total. The molecule has 1 aromatic rings. The number of rotatable bonds is 4. The van der Waals surface area contributed by atoms with Gasteiger partial charge in [0.1, 0.15) is 11.4 Å². The van der Waals surface area contributed by atoms with E-state index in [0.717, 1.165) is 24.8 Å². The molecule has 22 heavy (non-hydrogen) atoms. The molecular weight excluding hydrogens is 413 g/mol. The van der Waals surface area contributed by atoms with Crippen LogP contribution in [0.3, 0.4) is 0 Å². The van der Waals surface area contributed by atoms with Crippen LogP contribution in [-0.4, -0.2) is 53.7 Å². The average Bonchev–Trinajstić information content (AvgIpc) is 3.03. The van der Waals surface area contributed by atoms with Gasteiger partial charge in [-0.3, -0.25) is 4.99 Å². The van der Waals surface area contributed by atoms with Crippen molar-refractivity contribution in [2.75, 3.05) is 32.4 Å². The molecule has 1 aromatic heterocycles. The maximum Gasteiger partial charge on any atom is 0.193 e. The zero-order valence-electron chi connectivity index (χ0n) is 13.4. The minimum Gasteiger partial charge on any atom is -0.466 e. The number of thioether (sulfide) groups is 1. The van der Waals surface area contributed by atoms with Gasteiger partial charge in [0.15, 0.2) is 5.96 Å². The van der Waals surface area contributed by atoms with Crippen LogP contribution in [0.25, 0.3) is 0 Å². The first-order valence-electron chi connectivity index (χ1n) is 7.40. The zero-order valence-corrected chi connectivity index (χ0v) is 16.6. The molecule has 7 heteroatoms. The fraction of sp³-hybridized carbons (Fsp3) is 0.667. The third kappa shape index (κ3) is 5.06. The van der Waals surface area contributed by atoms with Gasteiger partial charge in [0, 0.05) is 31.1 Å². The van der Waals surface area contributed by atoms with Crippen molar-refractivity contribution in [1.29, 1.82) is 0 Å². The van der Waals surface area contributed by atoms with Gasteiger partial charge in [0.05, 0.1) is 12.8 Å². The Hall–Kier alpha value is -0.410. The van der Waals surface area contributed by atoms with E-state index in [-0.39, 0.29) is 24.0 Å². The van der Waals surface area contributed by atoms with Gasteiger partial charge >= 0.3 is 0 Å². The molecule has 0 spiro atoms. The van der Waals surface area contributed by atoms with Crippen molar-refractivity contribution >= 4 is 41.7 Å². The van der Waals surface area contributed by atoms with Crippen molar-refractivity contribution in [3.63, 3.8) is 0 Å². The number of nitrogens with zero attached hydrogens (tertiary/aromatic N) is 2. The minimum atomic E-state index is -1.05. The molecule has 2 atom stereocenters. The van der Waals surface area contributed by atoms with Gasteiger partial charge < -0.3 is 19.7 Å². The fourth-order valence-corrected chi connectivity index (χ4v) is 3.59. The van der Waals surface area contributed by atoms with Crippen LogP contribution in [0.1, 0.15) is 26.0 Å². The first-order chi connectivity index (χ1) is 10.1. The summed E-state index contributed by atoms with van der Waals surface area (Å²) in [7, 11) is 1.78. The van der Waals surface area contributed by atoms with Crippen molar-refractivity contribution in [1.82, 2.24) is 10.2 Å². The molecular formula is C15H26IN3O2S. The SMILES string of the molecule is CCC1CN(C(=NC)NCC(C)(O)c2ccco2)CCS1.I. The van der Waals surface area contributed by atoms with Gasteiger partial charge in [-0.2, -0.15) is 11.8 Å². The van der Waals surface area contributed by atoms with Crippen LogP contribution in [-0.2, 0) is 5.60 Å². The molecule has 0 bridgehead atoms. The van der Waals surface area contributed by atoms with E-state index in [4.69, 9.17) is 4.42 Å². The van der Waals surface area contributed by atoms with Gasteiger partial charge in [0.25, 0.3) is 0 Å². The second kappa shape index (κ2) is 9.02. The molecule has 1 aliphatic heterocycles. The molecule has 0 aliphatic carbocycles. The van der Waals surface area contributed by atoms with Gasteiger partial charge in [0.2, 0.25) is 0 Å². The van der Waals surface area contributed by atoms with E-state index in [1.165, 1.54) is 6.42 Å². The Labute approximate surface area is 154 Å². The van der Waals surface area contributed by atoms with Crippen molar-refractivity contribution in [2.45, 2.75) is 31.1 Å². The maximum atomic E-state index is 10.5. The van der Waals surface area contributed by atoms with E-state index >= 15 is 0 Å². The summed E-state index contributed by atoms with van der Waals surface area (Å²) in [5.74, 6) is 2.53. The van der Waals surface area contributed by atoms with E-state index in [0.29, 0.717) is 17.6 Å². The van der Waals surface area contributed by atoms with Crippen LogP contribution in [0.5, 0.6) is 0 Å². The Kier molecular flexibility index (Phi) is 8.06. The highest BCUT2D eigenvalue weighted by molar-refractivity contribution is 14.0. The van der Waals surface area contributed by atoms with Gasteiger partial charge in [-0.1, -0.05) is 6.92 Å². The zero-order chi connectivity index (χ0) is 15.3. The lowest BCUT2D eigenvalue weighted by Crippen LogP contribution is -2.50. The Balaban J connectivity index is 0.00000242. The Morgan fingerprint density at radius 3 is 3.00 bits per heavy atom. The predicted octanol–water partition coefficient (Wildman–Crippen LogP) is 2.51. The normalized spacial score (nSPS) is 21.9. The number of aliphatic imine (C=N–C) groups is 1. The summed E-state index contributed by atoms with van der Waals surface area (Å²) in [5.41, 5.74) is -1.05. The van der Waals surface area contributed by atoms with Crippen LogP contribution in [0.4, 0.5) is 0 Å². The first-order valence-corrected chi connectivity index (χ1v) is 8.45. The van der Waals surface area contributed by atoms with Crippen LogP contribution in [0.2, 0.25) is 0 Å². The third-order valence-corrected chi connectivity index (χ3v) is 5.12. The number of guanidine groups is 1. The largest absolute Gasteiger partial charge is 0.466 e. The second-order valence-corrected chi connectivity index (χ2v) is 6.91. The summed E-state index contributed by atoms with van der Waals surface area (Å²) >= 11 is 2.03. The van der Waals surface area contributed by atoms with E-state index in [1.807, 2.05) is 11.8 Å². The molecule has 1 fully saturated rings.